The van der Waals surface area contributed by atoms with Crippen LogP contribution in [-0.4, -0.2) is 39.1 Å². The van der Waals surface area contributed by atoms with E-state index in [2.05, 4.69) is 15.5 Å². The van der Waals surface area contributed by atoms with Gasteiger partial charge in [-0.1, -0.05) is 0 Å². The van der Waals surface area contributed by atoms with Crippen molar-refractivity contribution >= 4 is 23.3 Å². The van der Waals surface area contributed by atoms with Crippen LogP contribution in [0.5, 0.6) is 11.5 Å². The minimum Gasteiger partial charge on any atom is -0.497 e. The second-order valence-corrected chi connectivity index (χ2v) is 5.85. The molecule has 0 aliphatic heterocycles. The van der Waals surface area contributed by atoms with Gasteiger partial charge in [-0.25, -0.2) is 10.2 Å². The normalized spacial score (nSPS) is 11.3. The number of benzene rings is 1. The van der Waals surface area contributed by atoms with Crippen LogP contribution >= 0.6 is 0 Å². The van der Waals surface area contributed by atoms with Gasteiger partial charge in [0, 0.05) is 32.8 Å². The smallest absolute Gasteiger partial charge is 0.332 e. The molecule has 0 unspecified atom stereocenters. The van der Waals surface area contributed by atoms with Gasteiger partial charge in [0.1, 0.15) is 11.5 Å². The summed E-state index contributed by atoms with van der Waals surface area (Å²) in [7, 11) is 7.80. The van der Waals surface area contributed by atoms with Crippen LogP contribution < -0.4 is 26.1 Å². The van der Waals surface area contributed by atoms with Gasteiger partial charge in [0.25, 0.3) is 5.56 Å². The second kappa shape index (κ2) is 6.98. The Labute approximate surface area is 154 Å². The highest BCUT2D eigenvalue weighted by Gasteiger charge is 2.16. The molecule has 10 heteroatoms. The third kappa shape index (κ3) is 3.05. The molecule has 0 fully saturated rings. The van der Waals surface area contributed by atoms with Crippen LogP contribution in [-0.2, 0) is 21.1 Å². The molecule has 142 valence electrons. The molecule has 0 saturated carbocycles. The van der Waals surface area contributed by atoms with Gasteiger partial charge in [-0.05, 0) is 12.1 Å². The summed E-state index contributed by atoms with van der Waals surface area (Å²) in [5.74, 6) is 1.59. The Morgan fingerprint density at radius 2 is 1.81 bits per heavy atom. The zero-order valence-electron chi connectivity index (χ0n) is 15.7. The summed E-state index contributed by atoms with van der Waals surface area (Å²) < 4.78 is 14.4. The number of aryl methyl sites for hydroxylation is 2. The van der Waals surface area contributed by atoms with E-state index in [-0.39, 0.29) is 5.65 Å². The zero-order valence-corrected chi connectivity index (χ0v) is 15.7. The van der Waals surface area contributed by atoms with Crippen molar-refractivity contribution < 1.29 is 9.47 Å². The highest BCUT2D eigenvalue weighted by Crippen LogP contribution is 2.23. The molecule has 1 aromatic carbocycles. The molecule has 0 aliphatic rings. The SMILES string of the molecule is COc1ccc(/C=N/Nc2nc3c(c(=O)n(C)c(=O)n3C)n2C)c(OC)c1. The van der Waals surface area contributed by atoms with Gasteiger partial charge in [0.15, 0.2) is 11.2 Å². The molecule has 0 atom stereocenters. The van der Waals surface area contributed by atoms with Crippen molar-refractivity contribution in [1.82, 2.24) is 18.7 Å². The number of nitrogens with zero attached hydrogens (tertiary/aromatic N) is 5. The van der Waals surface area contributed by atoms with E-state index in [0.717, 1.165) is 10.1 Å². The number of hydrazone groups is 1. The number of fused-ring (bicyclic) bond motifs is 1. The average Bonchev–Trinajstić information content (AvgIpc) is 3.01. The number of imidazole rings is 1. The Morgan fingerprint density at radius 3 is 2.48 bits per heavy atom. The van der Waals surface area contributed by atoms with Gasteiger partial charge >= 0.3 is 5.69 Å². The monoisotopic (exact) mass is 372 g/mol. The van der Waals surface area contributed by atoms with E-state index in [1.54, 1.807) is 57.3 Å². The molecular formula is C17H20N6O4. The molecule has 3 rings (SSSR count). The van der Waals surface area contributed by atoms with Crippen LogP contribution in [0.4, 0.5) is 5.95 Å². The summed E-state index contributed by atoms with van der Waals surface area (Å²) in [5.41, 5.74) is 3.25. The Balaban J connectivity index is 1.97. The number of ether oxygens (including phenoxy) is 2. The summed E-state index contributed by atoms with van der Waals surface area (Å²) in [5, 5.41) is 4.16. The number of anilines is 1. The molecule has 27 heavy (non-hydrogen) atoms. The van der Waals surface area contributed by atoms with Crippen molar-refractivity contribution in [2.24, 2.45) is 26.2 Å². The maximum Gasteiger partial charge on any atom is 0.332 e. The van der Waals surface area contributed by atoms with Gasteiger partial charge in [-0.3, -0.25) is 13.9 Å². The van der Waals surface area contributed by atoms with Crippen LogP contribution in [0.25, 0.3) is 11.2 Å². The molecule has 1 N–H and O–H groups in total. The third-order valence-corrected chi connectivity index (χ3v) is 4.28. The minimum atomic E-state index is -0.441. The lowest BCUT2D eigenvalue weighted by atomic mass is 10.2. The first-order valence-electron chi connectivity index (χ1n) is 8.02. The average molecular weight is 372 g/mol. The summed E-state index contributed by atoms with van der Waals surface area (Å²) in [6.07, 6.45) is 1.56. The van der Waals surface area contributed by atoms with Crippen molar-refractivity contribution in [1.29, 1.82) is 0 Å². The van der Waals surface area contributed by atoms with Crippen LogP contribution in [0, 0.1) is 0 Å². The minimum absolute atomic E-state index is 0.283. The number of rotatable bonds is 5. The van der Waals surface area contributed by atoms with E-state index in [9.17, 15) is 9.59 Å². The molecule has 0 aliphatic carbocycles. The van der Waals surface area contributed by atoms with Crippen LogP contribution in [0.1, 0.15) is 5.56 Å². The van der Waals surface area contributed by atoms with Gasteiger partial charge < -0.3 is 14.0 Å². The summed E-state index contributed by atoms with van der Waals surface area (Å²) >= 11 is 0. The molecule has 0 radical (unpaired) electrons. The predicted molar refractivity (Wildman–Crippen MR) is 102 cm³/mol. The lowest BCUT2D eigenvalue weighted by molar-refractivity contribution is 0.394. The fraction of sp³-hybridized carbons (Fsp3) is 0.294. The fourth-order valence-electron chi connectivity index (χ4n) is 2.70. The second-order valence-electron chi connectivity index (χ2n) is 5.85. The van der Waals surface area contributed by atoms with E-state index in [1.165, 1.54) is 11.6 Å². The Hall–Kier alpha value is -3.56. The molecule has 0 bridgehead atoms. The zero-order chi connectivity index (χ0) is 19.7. The Bertz CT molecular complexity index is 1150. The quantitative estimate of drug-likeness (QED) is 0.515. The molecular weight excluding hydrogens is 352 g/mol. The molecule has 10 nitrogen and oxygen atoms in total. The molecule has 2 heterocycles. The van der Waals surface area contributed by atoms with E-state index >= 15 is 0 Å². The first kappa shape index (κ1) is 18.2. The summed E-state index contributed by atoms with van der Waals surface area (Å²) in [6, 6.07) is 5.34. The maximum atomic E-state index is 12.4. The van der Waals surface area contributed by atoms with Crippen LogP contribution in [0.2, 0.25) is 0 Å². The topological polar surface area (TPSA) is 105 Å². The fourth-order valence-corrected chi connectivity index (χ4v) is 2.70. The maximum absolute atomic E-state index is 12.4. The highest BCUT2D eigenvalue weighted by atomic mass is 16.5. The number of methoxy groups -OCH3 is 2. The molecule has 2 aromatic heterocycles. The van der Waals surface area contributed by atoms with Crippen molar-refractivity contribution in [3.63, 3.8) is 0 Å². The molecule has 0 amide bonds. The number of aromatic nitrogens is 4. The van der Waals surface area contributed by atoms with Gasteiger partial charge in [-0.15, -0.1) is 0 Å². The third-order valence-electron chi connectivity index (χ3n) is 4.28. The van der Waals surface area contributed by atoms with Gasteiger partial charge in [-0.2, -0.15) is 10.1 Å². The largest absolute Gasteiger partial charge is 0.497 e. The highest BCUT2D eigenvalue weighted by molar-refractivity contribution is 5.84. The molecule has 3 aromatic rings. The Kier molecular flexibility index (Phi) is 4.72. The first-order chi connectivity index (χ1) is 12.9. The van der Waals surface area contributed by atoms with E-state index in [4.69, 9.17) is 9.47 Å². The van der Waals surface area contributed by atoms with Gasteiger partial charge in [0.2, 0.25) is 5.95 Å². The van der Waals surface area contributed by atoms with E-state index < -0.39 is 11.2 Å². The van der Waals surface area contributed by atoms with E-state index in [1.807, 2.05) is 0 Å². The molecule has 0 spiro atoms. The first-order valence-corrected chi connectivity index (χ1v) is 8.02. The van der Waals surface area contributed by atoms with Gasteiger partial charge in [0.05, 0.1) is 20.4 Å². The number of hydrogen-bond acceptors (Lipinski definition) is 7. The van der Waals surface area contributed by atoms with Crippen molar-refractivity contribution in [3.8, 4) is 11.5 Å². The van der Waals surface area contributed by atoms with Crippen molar-refractivity contribution in [2.45, 2.75) is 0 Å². The van der Waals surface area contributed by atoms with Crippen molar-refractivity contribution in [3.05, 3.63) is 44.6 Å². The Morgan fingerprint density at radius 1 is 1.07 bits per heavy atom. The summed E-state index contributed by atoms with van der Waals surface area (Å²) in [4.78, 5) is 28.7. The predicted octanol–water partition coefficient (Wildman–Crippen LogP) is 0.434. The standard InChI is InChI=1S/C17H20N6O4/c1-21-13-14(22(2)17(25)23(3)15(13)24)19-16(21)20-18-9-10-6-7-11(26-4)8-12(10)27-5/h6-9H,1-5H3,(H,19,20)/b18-9+. The lowest BCUT2D eigenvalue weighted by Crippen LogP contribution is -2.37. The number of nitrogens with one attached hydrogen (secondary N) is 1. The molecule has 0 saturated heterocycles. The summed E-state index contributed by atoms with van der Waals surface area (Å²) in [6.45, 7) is 0. The van der Waals surface area contributed by atoms with Crippen molar-refractivity contribution in [2.75, 3.05) is 19.6 Å². The lowest BCUT2D eigenvalue weighted by Gasteiger charge is -2.07. The van der Waals surface area contributed by atoms with E-state index in [0.29, 0.717) is 23.0 Å². The van der Waals surface area contributed by atoms with Crippen LogP contribution in [0.3, 0.4) is 0 Å². The van der Waals surface area contributed by atoms with Crippen LogP contribution in [0.15, 0.2) is 32.9 Å². The number of hydrogen-bond donors (Lipinski definition) is 1.